The van der Waals surface area contributed by atoms with Crippen molar-refractivity contribution in [1.82, 2.24) is 5.32 Å². The van der Waals surface area contributed by atoms with Crippen LogP contribution in [0, 0.1) is 0 Å². The third-order valence-corrected chi connectivity index (χ3v) is 3.85. The Morgan fingerprint density at radius 3 is 2.42 bits per heavy atom. The summed E-state index contributed by atoms with van der Waals surface area (Å²) in [5, 5.41) is 4.30. The van der Waals surface area contributed by atoms with Gasteiger partial charge in [0.2, 0.25) is 0 Å². The molecule has 0 spiro atoms. The molecule has 0 unspecified atom stereocenters. The molecule has 0 saturated heterocycles. The molecule has 26 heavy (non-hydrogen) atoms. The molecular formula is C20H16F3NO2. The number of carbonyl (C=O) groups excluding carboxylic acids is 1. The van der Waals surface area contributed by atoms with Gasteiger partial charge in [0.25, 0.3) is 5.91 Å². The molecule has 0 aliphatic carbocycles. The lowest BCUT2D eigenvalue weighted by atomic mass is 10.1. The normalized spacial score (nSPS) is 11.4. The van der Waals surface area contributed by atoms with Gasteiger partial charge in [-0.2, -0.15) is 13.2 Å². The first-order chi connectivity index (χ1) is 12.4. The van der Waals surface area contributed by atoms with Crippen molar-refractivity contribution in [2.45, 2.75) is 13.1 Å². The van der Waals surface area contributed by atoms with Gasteiger partial charge in [-0.3, -0.25) is 4.79 Å². The maximum absolute atomic E-state index is 12.6. The number of amides is 1. The lowest BCUT2D eigenvalue weighted by molar-refractivity contribution is -0.137. The molecule has 6 heteroatoms. The first kappa shape index (κ1) is 17.8. The standard InChI is InChI=1S/C20H16F3NO2/c1-2-24-19(25)14-6-11-17-13(12-14)4-3-5-18(17)26-16-9-7-15(8-10-16)20(21,22)23/h3-12H,2H2,1H3,(H,24,25). The second-order valence-electron chi connectivity index (χ2n) is 5.68. The van der Waals surface area contributed by atoms with Gasteiger partial charge in [-0.25, -0.2) is 0 Å². The number of hydrogen-bond acceptors (Lipinski definition) is 2. The monoisotopic (exact) mass is 359 g/mol. The van der Waals surface area contributed by atoms with Gasteiger partial charge in [-0.15, -0.1) is 0 Å². The van der Waals surface area contributed by atoms with Crippen molar-refractivity contribution in [3.8, 4) is 11.5 Å². The van der Waals surface area contributed by atoms with Crippen LogP contribution in [0.3, 0.4) is 0 Å². The number of carbonyl (C=O) groups is 1. The van der Waals surface area contributed by atoms with E-state index in [0.29, 0.717) is 23.6 Å². The SMILES string of the molecule is CCNC(=O)c1ccc2c(Oc3ccc(C(F)(F)F)cc3)cccc2c1. The van der Waals surface area contributed by atoms with Gasteiger partial charge in [0.1, 0.15) is 11.5 Å². The number of nitrogens with one attached hydrogen (secondary N) is 1. The Hall–Kier alpha value is -3.02. The fourth-order valence-electron chi connectivity index (χ4n) is 2.59. The van der Waals surface area contributed by atoms with E-state index in [1.807, 2.05) is 13.0 Å². The molecule has 0 bridgehead atoms. The lowest BCUT2D eigenvalue weighted by Crippen LogP contribution is -2.22. The summed E-state index contributed by atoms with van der Waals surface area (Å²) in [7, 11) is 0. The molecule has 134 valence electrons. The van der Waals surface area contributed by atoms with E-state index in [1.165, 1.54) is 12.1 Å². The summed E-state index contributed by atoms with van der Waals surface area (Å²) in [4.78, 5) is 11.9. The van der Waals surface area contributed by atoms with Crippen LogP contribution in [0.15, 0.2) is 60.7 Å². The third kappa shape index (κ3) is 3.79. The molecule has 0 aromatic heterocycles. The number of hydrogen-bond donors (Lipinski definition) is 1. The molecule has 0 aliphatic heterocycles. The van der Waals surface area contributed by atoms with Crippen LogP contribution in [0.1, 0.15) is 22.8 Å². The predicted molar refractivity (Wildman–Crippen MR) is 93.5 cm³/mol. The highest BCUT2D eigenvalue weighted by atomic mass is 19.4. The largest absolute Gasteiger partial charge is 0.457 e. The van der Waals surface area contributed by atoms with Gasteiger partial charge in [0, 0.05) is 17.5 Å². The van der Waals surface area contributed by atoms with E-state index in [9.17, 15) is 18.0 Å². The minimum Gasteiger partial charge on any atom is -0.457 e. The van der Waals surface area contributed by atoms with Crippen molar-refractivity contribution in [3.05, 3.63) is 71.8 Å². The molecule has 3 aromatic carbocycles. The Kier molecular flexibility index (Phi) is 4.84. The summed E-state index contributed by atoms with van der Waals surface area (Å²) >= 11 is 0. The van der Waals surface area contributed by atoms with E-state index in [-0.39, 0.29) is 5.91 Å². The molecule has 0 fully saturated rings. The van der Waals surface area contributed by atoms with Gasteiger partial charge in [-0.1, -0.05) is 12.1 Å². The van der Waals surface area contributed by atoms with Crippen molar-refractivity contribution in [2.75, 3.05) is 6.54 Å². The molecule has 3 aromatic rings. The van der Waals surface area contributed by atoms with Gasteiger partial charge in [-0.05, 0) is 60.8 Å². The summed E-state index contributed by atoms with van der Waals surface area (Å²) in [5.41, 5.74) is -0.194. The molecule has 0 radical (unpaired) electrons. The van der Waals surface area contributed by atoms with Crippen LogP contribution in [0.5, 0.6) is 11.5 Å². The van der Waals surface area contributed by atoms with Crippen molar-refractivity contribution in [2.24, 2.45) is 0 Å². The molecule has 0 aliphatic rings. The zero-order valence-corrected chi connectivity index (χ0v) is 13.9. The molecule has 0 atom stereocenters. The maximum Gasteiger partial charge on any atom is 0.416 e. The molecular weight excluding hydrogens is 343 g/mol. The zero-order valence-electron chi connectivity index (χ0n) is 13.9. The second-order valence-corrected chi connectivity index (χ2v) is 5.68. The first-order valence-electron chi connectivity index (χ1n) is 8.04. The van der Waals surface area contributed by atoms with E-state index >= 15 is 0 Å². The topological polar surface area (TPSA) is 38.3 Å². The predicted octanol–water partition coefficient (Wildman–Crippen LogP) is 5.40. The summed E-state index contributed by atoms with van der Waals surface area (Å²) in [5.74, 6) is 0.645. The van der Waals surface area contributed by atoms with E-state index in [0.717, 1.165) is 22.9 Å². The summed E-state index contributed by atoms with van der Waals surface area (Å²) in [6.07, 6.45) is -4.38. The first-order valence-corrected chi connectivity index (χ1v) is 8.04. The highest BCUT2D eigenvalue weighted by Gasteiger charge is 2.30. The molecule has 0 heterocycles. The third-order valence-electron chi connectivity index (χ3n) is 3.85. The Bertz CT molecular complexity index is 934. The summed E-state index contributed by atoms with van der Waals surface area (Å²) in [6.45, 7) is 2.38. The molecule has 3 nitrogen and oxygen atoms in total. The van der Waals surface area contributed by atoms with Gasteiger partial charge >= 0.3 is 6.18 Å². The molecule has 1 N–H and O–H groups in total. The van der Waals surface area contributed by atoms with Crippen molar-refractivity contribution >= 4 is 16.7 Å². The molecule has 1 amide bonds. The van der Waals surface area contributed by atoms with Crippen LogP contribution >= 0.6 is 0 Å². The van der Waals surface area contributed by atoms with Gasteiger partial charge < -0.3 is 10.1 Å². The Balaban J connectivity index is 1.89. The average molecular weight is 359 g/mol. The van der Waals surface area contributed by atoms with Crippen LogP contribution < -0.4 is 10.1 Å². The van der Waals surface area contributed by atoms with E-state index in [2.05, 4.69) is 5.32 Å². The number of alkyl halides is 3. The summed E-state index contributed by atoms with van der Waals surface area (Å²) < 4.78 is 43.7. The number of rotatable bonds is 4. The van der Waals surface area contributed by atoms with E-state index in [4.69, 9.17) is 4.74 Å². The highest BCUT2D eigenvalue weighted by Crippen LogP contribution is 2.33. The average Bonchev–Trinajstić information content (AvgIpc) is 2.61. The second kappa shape index (κ2) is 7.07. The molecule has 0 saturated carbocycles. The van der Waals surface area contributed by atoms with Gasteiger partial charge in [0.05, 0.1) is 5.56 Å². The zero-order chi connectivity index (χ0) is 18.7. The highest BCUT2D eigenvalue weighted by molar-refractivity contribution is 5.99. The minimum absolute atomic E-state index is 0.163. The maximum atomic E-state index is 12.6. The fraction of sp³-hybridized carbons (Fsp3) is 0.150. The van der Waals surface area contributed by atoms with Gasteiger partial charge in [0.15, 0.2) is 0 Å². The van der Waals surface area contributed by atoms with Crippen LogP contribution in [0.4, 0.5) is 13.2 Å². The Morgan fingerprint density at radius 2 is 1.77 bits per heavy atom. The van der Waals surface area contributed by atoms with Crippen molar-refractivity contribution in [1.29, 1.82) is 0 Å². The number of fused-ring (bicyclic) bond motifs is 1. The van der Waals surface area contributed by atoms with Crippen LogP contribution in [-0.4, -0.2) is 12.5 Å². The fourth-order valence-corrected chi connectivity index (χ4v) is 2.59. The Morgan fingerprint density at radius 1 is 1.04 bits per heavy atom. The number of halogens is 3. The summed E-state index contributed by atoms with van der Waals surface area (Å²) in [6, 6.07) is 15.1. The van der Waals surface area contributed by atoms with Crippen LogP contribution in [0.25, 0.3) is 10.8 Å². The lowest BCUT2D eigenvalue weighted by Gasteiger charge is -2.11. The number of benzene rings is 3. The smallest absolute Gasteiger partial charge is 0.416 e. The van der Waals surface area contributed by atoms with Crippen molar-refractivity contribution in [3.63, 3.8) is 0 Å². The minimum atomic E-state index is -4.38. The van der Waals surface area contributed by atoms with E-state index in [1.54, 1.807) is 30.3 Å². The van der Waals surface area contributed by atoms with Crippen LogP contribution in [-0.2, 0) is 6.18 Å². The molecule has 3 rings (SSSR count). The quantitative estimate of drug-likeness (QED) is 0.677. The number of ether oxygens (including phenoxy) is 1. The Labute approximate surface area is 148 Å². The van der Waals surface area contributed by atoms with Crippen molar-refractivity contribution < 1.29 is 22.7 Å². The van der Waals surface area contributed by atoms with E-state index < -0.39 is 11.7 Å². The van der Waals surface area contributed by atoms with Crippen LogP contribution in [0.2, 0.25) is 0 Å².